The zero-order chi connectivity index (χ0) is 15.8. The maximum absolute atomic E-state index is 10.9. The Labute approximate surface area is 132 Å². The Balaban J connectivity index is 1.79. The van der Waals surface area contributed by atoms with Crippen molar-refractivity contribution in [2.24, 2.45) is 0 Å². The third-order valence-electron chi connectivity index (χ3n) is 5.42. The van der Waals surface area contributed by atoms with Crippen LogP contribution in [0.3, 0.4) is 0 Å². The van der Waals surface area contributed by atoms with Gasteiger partial charge in [0.1, 0.15) is 5.60 Å². The fourth-order valence-electron chi connectivity index (χ4n) is 4.07. The first-order valence-electron chi connectivity index (χ1n) is 8.44. The van der Waals surface area contributed by atoms with Crippen molar-refractivity contribution in [2.45, 2.75) is 87.7 Å². The molecular formula is C17H28O5. The normalized spacial score (nSPS) is 48.9. The smallest absolute Gasteiger partial charge is 0.200 e. The van der Waals surface area contributed by atoms with Crippen molar-refractivity contribution in [2.75, 3.05) is 6.61 Å². The van der Waals surface area contributed by atoms with Crippen molar-refractivity contribution in [3.05, 3.63) is 12.7 Å². The van der Waals surface area contributed by atoms with Gasteiger partial charge in [0.15, 0.2) is 5.79 Å². The number of aliphatic hydroxyl groups excluding tert-OH is 1. The average Bonchev–Trinajstić information content (AvgIpc) is 2.83. The van der Waals surface area contributed by atoms with Gasteiger partial charge in [0, 0.05) is 19.3 Å². The summed E-state index contributed by atoms with van der Waals surface area (Å²) in [5.74, 6) is -1.72. The number of ether oxygens (including phenoxy) is 3. The van der Waals surface area contributed by atoms with Crippen molar-refractivity contribution in [1.29, 1.82) is 0 Å². The van der Waals surface area contributed by atoms with E-state index in [0.29, 0.717) is 19.3 Å². The molecule has 0 amide bonds. The highest BCUT2D eigenvalue weighted by Gasteiger charge is 2.62. The molecule has 3 aliphatic rings. The molecule has 5 atom stereocenters. The number of aliphatic hydroxyl groups is 2. The van der Waals surface area contributed by atoms with Crippen LogP contribution in [0.25, 0.3) is 0 Å². The van der Waals surface area contributed by atoms with Gasteiger partial charge in [-0.15, -0.1) is 6.58 Å². The average molecular weight is 312 g/mol. The van der Waals surface area contributed by atoms with Crippen LogP contribution in [0.2, 0.25) is 0 Å². The minimum Gasteiger partial charge on any atom is -0.394 e. The Morgan fingerprint density at radius 3 is 2.68 bits per heavy atom. The standard InChI is InChI=1S/C17H28O5/c1-3-5-13-7-9-15(2,19)17(21-13)11-10-16(22-17)8-4-6-14(12-18)20-16/h3,13-14,18-19H,1,4-12H2,2H3/t13-,14-,15-,16+,17-/m0/s1. The van der Waals surface area contributed by atoms with Crippen molar-refractivity contribution in [3.63, 3.8) is 0 Å². The van der Waals surface area contributed by atoms with Crippen LogP contribution in [0, 0.1) is 0 Å². The van der Waals surface area contributed by atoms with Gasteiger partial charge in [-0.3, -0.25) is 0 Å². The molecule has 0 aromatic heterocycles. The molecule has 0 aromatic carbocycles. The molecule has 0 unspecified atom stereocenters. The van der Waals surface area contributed by atoms with Crippen molar-refractivity contribution in [1.82, 2.24) is 0 Å². The first-order valence-corrected chi connectivity index (χ1v) is 8.44. The Morgan fingerprint density at radius 2 is 1.95 bits per heavy atom. The molecule has 3 rings (SSSR count). The third-order valence-corrected chi connectivity index (χ3v) is 5.42. The summed E-state index contributed by atoms with van der Waals surface area (Å²) < 4.78 is 18.5. The van der Waals surface area contributed by atoms with E-state index in [9.17, 15) is 10.2 Å². The zero-order valence-electron chi connectivity index (χ0n) is 13.4. The van der Waals surface area contributed by atoms with Gasteiger partial charge in [-0.25, -0.2) is 0 Å². The monoisotopic (exact) mass is 312 g/mol. The van der Waals surface area contributed by atoms with E-state index in [2.05, 4.69) is 6.58 Å². The maximum Gasteiger partial charge on any atom is 0.200 e. The van der Waals surface area contributed by atoms with E-state index in [4.69, 9.17) is 14.2 Å². The van der Waals surface area contributed by atoms with Gasteiger partial charge in [-0.05, 0) is 39.0 Å². The van der Waals surface area contributed by atoms with E-state index in [-0.39, 0.29) is 18.8 Å². The quantitative estimate of drug-likeness (QED) is 0.782. The topological polar surface area (TPSA) is 68.2 Å². The highest BCUT2D eigenvalue weighted by atomic mass is 16.8. The molecule has 0 radical (unpaired) electrons. The summed E-state index contributed by atoms with van der Waals surface area (Å²) in [6.45, 7) is 5.58. The first kappa shape index (κ1) is 16.4. The lowest BCUT2D eigenvalue weighted by molar-refractivity contribution is -0.401. The van der Waals surface area contributed by atoms with Gasteiger partial charge in [0.2, 0.25) is 5.79 Å². The summed E-state index contributed by atoms with van der Waals surface area (Å²) in [7, 11) is 0. The summed E-state index contributed by atoms with van der Waals surface area (Å²) in [4.78, 5) is 0. The molecule has 3 aliphatic heterocycles. The second-order valence-electron chi connectivity index (χ2n) is 7.16. The predicted octanol–water partition coefficient (Wildman–Crippen LogP) is 2.26. The SMILES string of the molecule is C=CC[C@H]1CC[C@](C)(O)[C@@]2(CC[C@@]3(CCC[C@@H](CO)O3)O2)O1. The van der Waals surface area contributed by atoms with E-state index < -0.39 is 17.2 Å². The first-order chi connectivity index (χ1) is 10.4. The van der Waals surface area contributed by atoms with Crippen LogP contribution in [0.1, 0.15) is 58.3 Å². The molecule has 2 N–H and O–H groups in total. The molecule has 22 heavy (non-hydrogen) atoms. The fraction of sp³-hybridized carbons (Fsp3) is 0.882. The lowest BCUT2D eigenvalue weighted by Gasteiger charge is -2.49. The molecule has 0 aliphatic carbocycles. The second kappa shape index (κ2) is 5.87. The lowest BCUT2D eigenvalue weighted by Crippen LogP contribution is -2.60. The molecule has 3 heterocycles. The molecule has 0 aromatic rings. The third kappa shape index (κ3) is 2.74. The summed E-state index contributed by atoms with van der Waals surface area (Å²) >= 11 is 0. The predicted molar refractivity (Wildman–Crippen MR) is 81.1 cm³/mol. The van der Waals surface area contributed by atoms with Crippen LogP contribution in [0.15, 0.2) is 12.7 Å². The van der Waals surface area contributed by atoms with Crippen molar-refractivity contribution in [3.8, 4) is 0 Å². The fourth-order valence-corrected chi connectivity index (χ4v) is 4.07. The van der Waals surface area contributed by atoms with Gasteiger partial charge in [0.05, 0.1) is 18.8 Å². The summed E-state index contributed by atoms with van der Waals surface area (Å²) in [5.41, 5.74) is -1.02. The van der Waals surface area contributed by atoms with Gasteiger partial charge in [-0.2, -0.15) is 0 Å². The largest absolute Gasteiger partial charge is 0.394 e. The van der Waals surface area contributed by atoms with Gasteiger partial charge in [0.25, 0.3) is 0 Å². The van der Waals surface area contributed by atoms with Crippen LogP contribution in [0.5, 0.6) is 0 Å². The van der Waals surface area contributed by atoms with Gasteiger partial charge in [-0.1, -0.05) is 6.08 Å². The molecular weight excluding hydrogens is 284 g/mol. The number of rotatable bonds is 3. The molecule has 5 heteroatoms. The van der Waals surface area contributed by atoms with Crippen LogP contribution in [0.4, 0.5) is 0 Å². The highest BCUT2D eigenvalue weighted by molar-refractivity contribution is 5.03. The molecule has 2 spiro atoms. The van der Waals surface area contributed by atoms with Gasteiger partial charge >= 0.3 is 0 Å². The molecule has 0 bridgehead atoms. The zero-order valence-corrected chi connectivity index (χ0v) is 13.4. The number of hydrogen-bond donors (Lipinski definition) is 2. The highest BCUT2D eigenvalue weighted by Crippen LogP contribution is 2.53. The molecule has 126 valence electrons. The van der Waals surface area contributed by atoms with Crippen LogP contribution >= 0.6 is 0 Å². The molecule has 3 saturated heterocycles. The van der Waals surface area contributed by atoms with E-state index in [1.807, 2.05) is 6.08 Å². The molecule has 0 saturated carbocycles. The Kier molecular flexibility index (Phi) is 4.38. The van der Waals surface area contributed by atoms with Crippen molar-refractivity contribution >= 4 is 0 Å². The number of hydrogen-bond acceptors (Lipinski definition) is 5. The summed E-state index contributed by atoms with van der Waals surface area (Å²) in [6, 6.07) is 0. The summed E-state index contributed by atoms with van der Waals surface area (Å²) in [5, 5.41) is 20.2. The van der Waals surface area contributed by atoms with Crippen LogP contribution in [-0.2, 0) is 14.2 Å². The van der Waals surface area contributed by atoms with E-state index in [0.717, 1.165) is 32.1 Å². The Hall–Kier alpha value is -0.460. The molecule has 3 fully saturated rings. The lowest BCUT2D eigenvalue weighted by atomic mass is 9.83. The van der Waals surface area contributed by atoms with Crippen LogP contribution in [-0.4, -0.2) is 46.2 Å². The van der Waals surface area contributed by atoms with E-state index in [1.54, 1.807) is 6.92 Å². The second-order valence-corrected chi connectivity index (χ2v) is 7.16. The summed E-state index contributed by atoms with van der Waals surface area (Å²) in [6.07, 6.45) is 7.82. The Bertz CT molecular complexity index is 423. The van der Waals surface area contributed by atoms with E-state index in [1.165, 1.54) is 0 Å². The molecule has 5 nitrogen and oxygen atoms in total. The van der Waals surface area contributed by atoms with Crippen molar-refractivity contribution < 1.29 is 24.4 Å². The Morgan fingerprint density at radius 1 is 1.14 bits per heavy atom. The minimum absolute atomic E-state index is 0.00838. The van der Waals surface area contributed by atoms with Gasteiger partial charge < -0.3 is 24.4 Å². The van der Waals surface area contributed by atoms with Crippen LogP contribution < -0.4 is 0 Å². The van der Waals surface area contributed by atoms with E-state index >= 15 is 0 Å². The maximum atomic E-state index is 10.9. The minimum atomic E-state index is -1.02.